The molecule has 35 heavy (non-hydrogen) atoms. The molecule has 2 aromatic rings. The average Bonchev–Trinajstić information content (AvgIpc) is 3.39. The van der Waals surface area contributed by atoms with Crippen LogP contribution in [-0.4, -0.2) is 48.2 Å². The Morgan fingerprint density at radius 1 is 1.11 bits per heavy atom. The summed E-state index contributed by atoms with van der Waals surface area (Å²) in [4.78, 5) is 38.1. The normalized spacial score (nSPS) is 28.6. The number of aromatic hydroxyl groups is 1. The Labute approximate surface area is 226 Å². The second kappa shape index (κ2) is 8.85. The molecule has 2 saturated carbocycles. The Morgan fingerprint density at radius 3 is 2.46 bits per heavy atom. The molecule has 6 unspecified atom stereocenters. The van der Waals surface area contributed by atoms with Gasteiger partial charge in [-0.2, -0.15) is 0 Å². The summed E-state index contributed by atoms with van der Waals surface area (Å²) >= 11 is 3.91. The second-order valence-corrected chi connectivity index (χ2v) is 12.3. The van der Waals surface area contributed by atoms with E-state index in [2.05, 4.69) is 0 Å². The molecule has 3 aliphatic rings. The number of ether oxygens (including phenoxy) is 3. The number of phenolic OH excluding ortho intramolecular Hbond substituents is 1. The second-order valence-electron chi connectivity index (χ2n) is 8.52. The number of carbonyl (C=O) groups excluding carboxylic acids is 3. The lowest BCUT2D eigenvalue weighted by molar-refractivity contribution is -0.149. The number of hydrogen-bond donors (Lipinski definition) is 1. The zero-order valence-electron chi connectivity index (χ0n) is 17.4. The van der Waals surface area contributed by atoms with E-state index < -0.39 is 62.9 Å². The Morgan fingerprint density at radius 2 is 1.80 bits per heavy atom. The molecule has 13 heteroatoms. The molecule has 6 atom stereocenters. The van der Waals surface area contributed by atoms with Crippen molar-refractivity contribution in [3.8, 4) is 11.5 Å². The fraction of sp³-hybridized carbons (Fsp3) is 0.318. The summed E-state index contributed by atoms with van der Waals surface area (Å²) in [5.41, 5.74) is -0.0301. The van der Waals surface area contributed by atoms with Crippen LogP contribution in [0.5, 0.6) is 11.5 Å². The summed E-state index contributed by atoms with van der Waals surface area (Å²) in [5, 5.41) is 10.3. The molecule has 1 aliphatic heterocycles. The summed E-state index contributed by atoms with van der Waals surface area (Å²) in [6.07, 6.45) is -1.16. The van der Waals surface area contributed by atoms with Crippen molar-refractivity contribution in [2.45, 2.75) is 23.5 Å². The molecule has 5 rings (SSSR count). The summed E-state index contributed by atoms with van der Waals surface area (Å²) in [7, 11) is -4.65. The minimum Gasteiger partial charge on any atom is -0.744 e. The number of fused-ring (bicyclic) bond motifs is 1. The van der Waals surface area contributed by atoms with E-state index in [0.29, 0.717) is 13.6 Å². The van der Waals surface area contributed by atoms with Crippen molar-refractivity contribution in [1.29, 1.82) is 0 Å². The highest BCUT2D eigenvalue weighted by molar-refractivity contribution is 14.1. The number of phenols is 1. The molecule has 2 aliphatic carbocycles. The summed E-state index contributed by atoms with van der Waals surface area (Å²) in [5.74, 6) is -4.86. The van der Waals surface area contributed by atoms with Crippen molar-refractivity contribution in [1.82, 2.24) is 0 Å². The molecule has 0 aromatic heterocycles. The molecule has 2 aromatic carbocycles. The van der Waals surface area contributed by atoms with Gasteiger partial charge in [-0.1, -0.05) is 0 Å². The van der Waals surface area contributed by atoms with Gasteiger partial charge in [-0.3, -0.25) is 9.59 Å². The van der Waals surface area contributed by atoms with E-state index >= 15 is 0 Å². The van der Waals surface area contributed by atoms with Gasteiger partial charge in [0.1, 0.15) is 39.4 Å². The van der Waals surface area contributed by atoms with Crippen LogP contribution in [0.4, 0.5) is 0 Å². The van der Waals surface area contributed by atoms with E-state index in [4.69, 9.17) is 14.2 Å². The molecule has 2 bridgehead atoms. The molecule has 3 fully saturated rings. The van der Waals surface area contributed by atoms with E-state index in [-0.39, 0.29) is 23.0 Å². The smallest absolute Gasteiger partial charge is 0.342 e. The summed E-state index contributed by atoms with van der Waals surface area (Å²) in [6, 6.07) is 7.56. The SMILES string of the molecule is O=C(OC1C2CC3C1OC(=O)C3C2C(=O)Oc1ccc(S(=O)(=O)[O-])cc1)c1cc(I)cc(I)c1O. The molecular weight excluding hydrogens is 710 g/mol. The van der Waals surface area contributed by atoms with Crippen molar-refractivity contribution in [3.05, 3.63) is 49.1 Å². The lowest BCUT2D eigenvalue weighted by Gasteiger charge is -2.30. The van der Waals surface area contributed by atoms with Crippen LogP contribution in [0.2, 0.25) is 0 Å². The quantitative estimate of drug-likeness (QED) is 0.210. The highest BCUT2D eigenvalue weighted by atomic mass is 127. The van der Waals surface area contributed by atoms with Crippen molar-refractivity contribution >= 4 is 73.2 Å². The minimum absolute atomic E-state index is 0.00000852. The molecule has 1 heterocycles. The highest BCUT2D eigenvalue weighted by Crippen LogP contribution is 2.59. The maximum atomic E-state index is 13.1. The maximum absolute atomic E-state index is 13.1. The molecule has 1 N–H and O–H groups in total. The molecule has 0 radical (unpaired) electrons. The van der Waals surface area contributed by atoms with Gasteiger partial charge in [0.2, 0.25) is 0 Å². The van der Waals surface area contributed by atoms with Gasteiger partial charge in [-0.15, -0.1) is 0 Å². The molecule has 10 nitrogen and oxygen atoms in total. The molecule has 184 valence electrons. The monoisotopic (exact) mass is 725 g/mol. The number of halogens is 2. The Hall–Kier alpha value is -1.98. The van der Waals surface area contributed by atoms with Crippen molar-refractivity contribution in [2.75, 3.05) is 0 Å². The third-order valence-corrected chi connectivity index (χ3v) is 8.93. The fourth-order valence-corrected chi connectivity index (χ4v) is 7.55. The van der Waals surface area contributed by atoms with Crippen molar-refractivity contribution in [2.24, 2.45) is 23.7 Å². The number of rotatable bonds is 5. The molecule has 0 amide bonds. The van der Waals surface area contributed by atoms with Crippen molar-refractivity contribution in [3.63, 3.8) is 0 Å². The first kappa shape index (κ1) is 24.7. The topological polar surface area (TPSA) is 156 Å². The van der Waals surface area contributed by atoms with E-state index in [1.807, 2.05) is 45.2 Å². The van der Waals surface area contributed by atoms with Crippen LogP contribution < -0.4 is 4.74 Å². The van der Waals surface area contributed by atoms with Gasteiger partial charge in [0.15, 0.2) is 0 Å². The highest BCUT2D eigenvalue weighted by Gasteiger charge is 2.70. The van der Waals surface area contributed by atoms with E-state index in [1.165, 1.54) is 18.2 Å². The van der Waals surface area contributed by atoms with E-state index in [0.717, 1.165) is 12.1 Å². The van der Waals surface area contributed by atoms with Crippen LogP contribution in [0, 0.1) is 30.8 Å². The van der Waals surface area contributed by atoms with E-state index in [1.54, 1.807) is 6.07 Å². The van der Waals surface area contributed by atoms with Crippen LogP contribution in [0.3, 0.4) is 0 Å². The first-order chi connectivity index (χ1) is 16.5. The van der Waals surface area contributed by atoms with Crippen LogP contribution in [0.15, 0.2) is 41.3 Å². The van der Waals surface area contributed by atoms with Crippen molar-refractivity contribution < 1.29 is 46.7 Å². The Bertz CT molecular complexity index is 1360. The van der Waals surface area contributed by atoms with Gasteiger partial charge in [-0.05, 0) is 88.0 Å². The summed E-state index contributed by atoms with van der Waals surface area (Å²) < 4.78 is 51.0. The zero-order chi connectivity index (χ0) is 25.2. The Kier molecular flexibility index (Phi) is 6.24. The maximum Gasteiger partial charge on any atom is 0.342 e. The van der Waals surface area contributed by atoms with Gasteiger partial charge < -0.3 is 23.9 Å². The third-order valence-electron chi connectivity index (χ3n) is 6.64. The molecular formula is C22H15I2O10S-. The van der Waals surface area contributed by atoms with Gasteiger partial charge in [0.25, 0.3) is 0 Å². The lowest BCUT2D eigenvalue weighted by atomic mass is 9.78. The van der Waals surface area contributed by atoms with E-state index in [9.17, 15) is 32.5 Å². The van der Waals surface area contributed by atoms with Gasteiger partial charge in [0, 0.05) is 15.4 Å². The number of carbonyl (C=O) groups is 3. The number of hydrogen-bond acceptors (Lipinski definition) is 10. The van der Waals surface area contributed by atoms with Crippen LogP contribution in [-0.2, 0) is 29.2 Å². The van der Waals surface area contributed by atoms with Crippen LogP contribution in [0.25, 0.3) is 0 Å². The minimum atomic E-state index is -4.65. The van der Waals surface area contributed by atoms with Gasteiger partial charge in [-0.25, -0.2) is 13.2 Å². The number of esters is 3. The predicted octanol–water partition coefficient (Wildman–Crippen LogP) is 2.44. The summed E-state index contributed by atoms with van der Waals surface area (Å²) in [6.45, 7) is 0. The first-order valence-electron chi connectivity index (χ1n) is 10.3. The predicted molar refractivity (Wildman–Crippen MR) is 131 cm³/mol. The first-order valence-corrected chi connectivity index (χ1v) is 13.9. The molecule has 1 saturated heterocycles. The zero-order valence-corrected chi connectivity index (χ0v) is 22.6. The third kappa shape index (κ3) is 4.29. The molecule has 0 spiro atoms. The number of benzene rings is 2. The largest absolute Gasteiger partial charge is 0.744 e. The van der Waals surface area contributed by atoms with Crippen LogP contribution in [0.1, 0.15) is 16.8 Å². The van der Waals surface area contributed by atoms with Crippen LogP contribution >= 0.6 is 45.2 Å². The van der Waals surface area contributed by atoms with Gasteiger partial charge >= 0.3 is 17.9 Å². The lowest BCUT2D eigenvalue weighted by Crippen LogP contribution is -2.44. The van der Waals surface area contributed by atoms with Gasteiger partial charge in [0.05, 0.1) is 20.3 Å². The average molecular weight is 725 g/mol. The standard InChI is InChI=1S/C22H16I2O10S/c23-8-5-13(17(25)14(24)6-8)20(26)33-18-11-7-12-16(22(28)34-19(12)18)15(11)21(27)32-9-1-3-10(4-2-9)35(29,30)31/h1-6,11-12,15-16,18-19,25H,7H2,(H,29,30,31)/p-1. The Balaban J connectivity index is 1.37. The fourth-order valence-electron chi connectivity index (χ4n) is 5.24.